The van der Waals surface area contributed by atoms with Gasteiger partial charge in [0.05, 0.1) is 0 Å². The molecule has 3 heteroatoms. The van der Waals surface area contributed by atoms with Crippen molar-refractivity contribution in [2.24, 2.45) is 0 Å². The van der Waals surface area contributed by atoms with Crippen LogP contribution in [0, 0.1) is 6.92 Å². The van der Waals surface area contributed by atoms with E-state index >= 15 is 0 Å². The molecule has 0 bridgehead atoms. The number of aryl methyl sites for hydroxylation is 2. The van der Waals surface area contributed by atoms with E-state index in [2.05, 4.69) is 47.1 Å². The summed E-state index contributed by atoms with van der Waals surface area (Å²) in [6.07, 6.45) is 2.44. The van der Waals surface area contributed by atoms with Crippen molar-refractivity contribution in [3.05, 3.63) is 69.7 Å². The van der Waals surface area contributed by atoms with Crippen LogP contribution in [0.4, 0.5) is 0 Å². The van der Waals surface area contributed by atoms with E-state index in [1.807, 2.05) is 31.3 Å². The lowest BCUT2D eigenvalue weighted by Crippen LogP contribution is -2.26. The molecule has 0 spiro atoms. The SMILES string of the molecule is Cc1ccc(CCCC(=O)N(C)Cc2ccccc2Br)cc1. The highest BCUT2D eigenvalue weighted by Gasteiger charge is 2.10. The normalized spacial score (nSPS) is 10.5. The molecule has 0 fully saturated rings. The van der Waals surface area contributed by atoms with Gasteiger partial charge < -0.3 is 4.90 Å². The molecule has 0 N–H and O–H groups in total. The first-order valence-electron chi connectivity index (χ1n) is 7.59. The topological polar surface area (TPSA) is 20.3 Å². The molecule has 0 aliphatic heterocycles. The summed E-state index contributed by atoms with van der Waals surface area (Å²) < 4.78 is 1.05. The molecule has 0 aromatic heterocycles. The molecule has 0 radical (unpaired) electrons. The number of carbonyl (C=O) groups is 1. The minimum atomic E-state index is 0.197. The standard InChI is InChI=1S/C19H22BrNO/c1-15-10-12-16(13-11-15)6-5-9-19(22)21(2)14-17-7-3-4-8-18(17)20/h3-4,7-8,10-13H,5-6,9,14H2,1-2H3. The molecule has 1 amide bonds. The van der Waals surface area contributed by atoms with Crippen LogP contribution >= 0.6 is 15.9 Å². The Balaban J connectivity index is 1.79. The molecule has 2 aromatic carbocycles. The fraction of sp³-hybridized carbons (Fsp3) is 0.316. The molecule has 0 aliphatic rings. The Morgan fingerprint density at radius 2 is 1.77 bits per heavy atom. The van der Waals surface area contributed by atoms with Crippen LogP contribution in [0.3, 0.4) is 0 Å². The summed E-state index contributed by atoms with van der Waals surface area (Å²) in [4.78, 5) is 14.0. The van der Waals surface area contributed by atoms with Crippen LogP contribution in [-0.4, -0.2) is 17.9 Å². The van der Waals surface area contributed by atoms with Crippen molar-refractivity contribution in [1.82, 2.24) is 4.90 Å². The third-order valence-corrected chi connectivity index (χ3v) is 4.54. The quantitative estimate of drug-likeness (QED) is 0.729. The van der Waals surface area contributed by atoms with Crippen LogP contribution in [0.5, 0.6) is 0 Å². The van der Waals surface area contributed by atoms with Crippen molar-refractivity contribution < 1.29 is 4.79 Å². The highest BCUT2D eigenvalue weighted by atomic mass is 79.9. The van der Waals surface area contributed by atoms with Gasteiger partial charge in [-0.1, -0.05) is 64.0 Å². The smallest absolute Gasteiger partial charge is 0.222 e. The molecule has 2 nitrogen and oxygen atoms in total. The van der Waals surface area contributed by atoms with Gasteiger partial charge >= 0.3 is 0 Å². The lowest BCUT2D eigenvalue weighted by atomic mass is 10.1. The lowest BCUT2D eigenvalue weighted by Gasteiger charge is -2.18. The van der Waals surface area contributed by atoms with E-state index in [1.54, 1.807) is 4.90 Å². The van der Waals surface area contributed by atoms with Crippen molar-refractivity contribution in [2.75, 3.05) is 7.05 Å². The second-order valence-corrected chi connectivity index (χ2v) is 6.53. The summed E-state index contributed by atoms with van der Waals surface area (Å²) in [5.74, 6) is 0.197. The summed E-state index contributed by atoms with van der Waals surface area (Å²) in [6.45, 7) is 2.73. The predicted molar refractivity (Wildman–Crippen MR) is 94.7 cm³/mol. The molecule has 0 saturated heterocycles. The maximum absolute atomic E-state index is 12.2. The van der Waals surface area contributed by atoms with E-state index in [9.17, 15) is 4.79 Å². The van der Waals surface area contributed by atoms with Crippen LogP contribution in [0.15, 0.2) is 53.0 Å². The second-order valence-electron chi connectivity index (χ2n) is 5.68. The maximum atomic E-state index is 12.2. The highest BCUT2D eigenvalue weighted by Crippen LogP contribution is 2.18. The number of carbonyl (C=O) groups excluding carboxylic acids is 1. The summed E-state index contributed by atoms with van der Waals surface area (Å²) in [6, 6.07) is 16.6. The number of amides is 1. The van der Waals surface area contributed by atoms with Crippen LogP contribution in [0.25, 0.3) is 0 Å². The van der Waals surface area contributed by atoms with Gasteiger partial charge in [0.1, 0.15) is 0 Å². The van der Waals surface area contributed by atoms with E-state index in [-0.39, 0.29) is 5.91 Å². The Labute approximate surface area is 141 Å². The molecule has 0 heterocycles. The van der Waals surface area contributed by atoms with Crippen molar-refractivity contribution >= 4 is 21.8 Å². The van der Waals surface area contributed by atoms with Crippen LogP contribution < -0.4 is 0 Å². The third-order valence-electron chi connectivity index (χ3n) is 3.77. The zero-order valence-electron chi connectivity index (χ0n) is 13.2. The van der Waals surface area contributed by atoms with Gasteiger partial charge in [-0.05, 0) is 37.0 Å². The minimum absolute atomic E-state index is 0.197. The van der Waals surface area contributed by atoms with Gasteiger partial charge in [0.25, 0.3) is 0 Å². The highest BCUT2D eigenvalue weighted by molar-refractivity contribution is 9.10. The summed E-state index contributed by atoms with van der Waals surface area (Å²) in [5.41, 5.74) is 3.71. The van der Waals surface area contributed by atoms with Crippen molar-refractivity contribution in [2.45, 2.75) is 32.7 Å². The zero-order valence-corrected chi connectivity index (χ0v) is 14.8. The van der Waals surface area contributed by atoms with Crippen molar-refractivity contribution in [1.29, 1.82) is 0 Å². The van der Waals surface area contributed by atoms with E-state index < -0.39 is 0 Å². The number of nitrogens with zero attached hydrogens (tertiary/aromatic N) is 1. The number of rotatable bonds is 6. The fourth-order valence-corrected chi connectivity index (χ4v) is 2.77. The molecule has 0 atom stereocenters. The largest absolute Gasteiger partial charge is 0.341 e. The molecule has 0 unspecified atom stereocenters. The maximum Gasteiger partial charge on any atom is 0.222 e. The number of hydrogen-bond acceptors (Lipinski definition) is 1. The first-order valence-corrected chi connectivity index (χ1v) is 8.38. The van der Waals surface area contributed by atoms with E-state index in [4.69, 9.17) is 0 Å². The summed E-state index contributed by atoms with van der Waals surface area (Å²) >= 11 is 3.52. The number of hydrogen-bond donors (Lipinski definition) is 0. The molecule has 0 aliphatic carbocycles. The van der Waals surface area contributed by atoms with Gasteiger partial charge in [0.2, 0.25) is 5.91 Å². The van der Waals surface area contributed by atoms with E-state index in [1.165, 1.54) is 11.1 Å². The second kappa shape index (κ2) is 8.14. The van der Waals surface area contributed by atoms with Gasteiger partial charge in [-0.2, -0.15) is 0 Å². The molecule has 116 valence electrons. The Morgan fingerprint density at radius 1 is 1.09 bits per heavy atom. The Kier molecular flexibility index (Phi) is 6.20. The molecule has 2 aromatic rings. The van der Waals surface area contributed by atoms with E-state index in [0.717, 1.165) is 22.9 Å². The van der Waals surface area contributed by atoms with Crippen molar-refractivity contribution in [3.8, 4) is 0 Å². The average Bonchev–Trinajstić information content (AvgIpc) is 2.51. The van der Waals surface area contributed by atoms with Gasteiger partial charge in [0.15, 0.2) is 0 Å². The van der Waals surface area contributed by atoms with Gasteiger partial charge in [0, 0.05) is 24.5 Å². The summed E-state index contributed by atoms with van der Waals surface area (Å²) in [5, 5.41) is 0. The molecule has 2 rings (SSSR count). The monoisotopic (exact) mass is 359 g/mol. The first-order chi connectivity index (χ1) is 10.6. The molecular weight excluding hydrogens is 338 g/mol. The van der Waals surface area contributed by atoms with Crippen LogP contribution in [0.1, 0.15) is 29.5 Å². The summed E-state index contributed by atoms with van der Waals surface area (Å²) in [7, 11) is 1.87. The number of benzene rings is 2. The fourth-order valence-electron chi connectivity index (χ4n) is 2.36. The molecular formula is C19H22BrNO. The molecule has 22 heavy (non-hydrogen) atoms. The van der Waals surface area contributed by atoms with Crippen molar-refractivity contribution in [3.63, 3.8) is 0 Å². The van der Waals surface area contributed by atoms with Crippen LogP contribution in [-0.2, 0) is 17.8 Å². The Hall–Kier alpha value is -1.61. The van der Waals surface area contributed by atoms with Gasteiger partial charge in [-0.15, -0.1) is 0 Å². The minimum Gasteiger partial charge on any atom is -0.341 e. The third kappa shape index (κ3) is 4.99. The Morgan fingerprint density at radius 3 is 2.45 bits per heavy atom. The lowest BCUT2D eigenvalue weighted by molar-refractivity contribution is -0.130. The van der Waals surface area contributed by atoms with Gasteiger partial charge in [-0.3, -0.25) is 4.79 Å². The van der Waals surface area contributed by atoms with E-state index in [0.29, 0.717) is 13.0 Å². The number of halogens is 1. The van der Waals surface area contributed by atoms with Gasteiger partial charge in [-0.25, -0.2) is 0 Å². The average molecular weight is 360 g/mol. The van der Waals surface area contributed by atoms with Crippen LogP contribution in [0.2, 0.25) is 0 Å². The Bertz CT molecular complexity index is 622. The zero-order chi connectivity index (χ0) is 15.9. The molecule has 0 saturated carbocycles. The first kappa shape index (κ1) is 16.8. The predicted octanol–water partition coefficient (Wildman–Crippen LogP) is 4.74.